The van der Waals surface area contributed by atoms with E-state index in [0.29, 0.717) is 5.69 Å². The van der Waals surface area contributed by atoms with Gasteiger partial charge in [-0.05, 0) is 41.8 Å². The molecule has 0 aliphatic rings. The van der Waals surface area contributed by atoms with Crippen LogP contribution in [0.2, 0.25) is 0 Å². The molecule has 0 aliphatic heterocycles. The van der Waals surface area contributed by atoms with Crippen LogP contribution < -0.4 is 4.83 Å². The third kappa shape index (κ3) is 3.92. The van der Waals surface area contributed by atoms with Crippen LogP contribution in [0.15, 0.2) is 82.9 Å². The van der Waals surface area contributed by atoms with Crippen molar-refractivity contribution < 1.29 is 8.42 Å². The molecule has 1 heterocycles. The van der Waals surface area contributed by atoms with Crippen molar-refractivity contribution >= 4 is 16.2 Å². The molecule has 126 valence electrons. The van der Waals surface area contributed by atoms with Crippen LogP contribution in [-0.4, -0.2) is 19.6 Å². The molecule has 25 heavy (non-hydrogen) atoms. The maximum Gasteiger partial charge on any atom is 0.276 e. The normalized spacial score (nSPS) is 11.6. The molecule has 1 N–H and O–H groups in total. The summed E-state index contributed by atoms with van der Waals surface area (Å²) < 4.78 is 24.3. The number of sulfonamides is 1. The van der Waals surface area contributed by atoms with Crippen molar-refractivity contribution in [2.45, 2.75) is 11.8 Å². The van der Waals surface area contributed by atoms with Crippen LogP contribution in [0, 0.1) is 6.92 Å². The molecule has 1 aromatic heterocycles. The molecule has 0 atom stereocenters. The zero-order valence-corrected chi connectivity index (χ0v) is 14.4. The fourth-order valence-electron chi connectivity index (χ4n) is 2.42. The molecule has 0 aliphatic carbocycles. The van der Waals surface area contributed by atoms with Crippen molar-refractivity contribution in [2.75, 3.05) is 0 Å². The van der Waals surface area contributed by atoms with Gasteiger partial charge in [-0.3, -0.25) is 4.98 Å². The molecule has 0 bridgehead atoms. The number of hydrogen-bond donors (Lipinski definition) is 1. The van der Waals surface area contributed by atoms with Gasteiger partial charge in [0.25, 0.3) is 10.0 Å². The second-order valence-electron chi connectivity index (χ2n) is 5.40. The second kappa shape index (κ2) is 7.27. The Hall–Kier alpha value is -2.99. The quantitative estimate of drug-likeness (QED) is 0.566. The molecule has 0 saturated carbocycles. The molecule has 2 aromatic carbocycles. The molecule has 0 radical (unpaired) electrons. The molecule has 0 saturated heterocycles. The third-order valence-electron chi connectivity index (χ3n) is 3.74. The van der Waals surface area contributed by atoms with Gasteiger partial charge in [-0.25, -0.2) is 4.83 Å². The Kier molecular flexibility index (Phi) is 4.90. The predicted octanol–water partition coefficient (Wildman–Crippen LogP) is 3.37. The van der Waals surface area contributed by atoms with E-state index in [0.717, 1.165) is 16.7 Å². The Bertz CT molecular complexity index is 986. The van der Waals surface area contributed by atoms with Crippen LogP contribution in [0.3, 0.4) is 0 Å². The smallest absolute Gasteiger partial charge is 0.255 e. The first-order valence-corrected chi connectivity index (χ1v) is 9.17. The molecular formula is C19H17N3O2S. The highest BCUT2D eigenvalue weighted by atomic mass is 32.2. The zero-order valence-electron chi connectivity index (χ0n) is 13.6. The van der Waals surface area contributed by atoms with Gasteiger partial charge in [0.05, 0.1) is 16.8 Å². The van der Waals surface area contributed by atoms with Crippen molar-refractivity contribution in [3.8, 4) is 11.1 Å². The molecule has 0 unspecified atom stereocenters. The van der Waals surface area contributed by atoms with Crippen LogP contribution in [0.4, 0.5) is 0 Å². The van der Waals surface area contributed by atoms with Crippen molar-refractivity contribution in [2.24, 2.45) is 5.10 Å². The summed E-state index contributed by atoms with van der Waals surface area (Å²) in [7, 11) is -3.68. The minimum atomic E-state index is -3.68. The van der Waals surface area contributed by atoms with Gasteiger partial charge in [-0.1, -0.05) is 48.5 Å². The van der Waals surface area contributed by atoms with Crippen molar-refractivity contribution in [3.05, 3.63) is 84.2 Å². The zero-order chi connectivity index (χ0) is 17.7. The molecule has 3 aromatic rings. The Morgan fingerprint density at radius 1 is 0.960 bits per heavy atom. The lowest BCUT2D eigenvalue weighted by Crippen LogP contribution is -2.18. The lowest BCUT2D eigenvalue weighted by molar-refractivity contribution is 0.584. The molecule has 0 spiro atoms. The highest BCUT2D eigenvalue weighted by Gasteiger charge is 2.11. The molecule has 3 rings (SSSR count). The Balaban J connectivity index is 1.83. The second-order valence-corrected chi connectivity index (χ2v) is 7.06. The van der Waals surface area contributed by atoms with Crippen molar-refractivity contribution in [3.63, 3.8) is 0 Å². The summed E-state index contributed by atoms with van der Waals surface area (Å²) in [6.45, 7) is 1.93. The number of aromatic nitrogens is 1. The Labute approximate surface area is 147 Å². The van der Waals surface area contributed by atoms with E-state index < -0.39 is 10.0 Å². The van der Waals surface area contributed by atoms with E-state index in [1.165, 1.54) is 18.3 Å². The first kappa shape index (κ1) is 16.9. The molecule has 6 heteroatoms. The fraction of sp³-hybridized carbons (Fsp3) is 0.0526. The van der Waals surface area contributed by atoms with Crippen LogP contribution in [0.5, 0.6) is 0 Å². The van der Waals surface area contributed by atoms with Gasteiger partial charge in [0.1, 0.15) is 0 Å². The standard InChI is InChI=1S/C19H17N3O2S/c1-15-18(16-8-4-2-5-9-16)12-13-20-19(15)14-21-22-25(23,24)17-10-6-3-7-11-17/h2-14,22H,1H3/b21-14-. The average Bonchev–Trinajstić information content (AvgIpc) is 2.64. The average molecular weight is 351 g/mol. The van der Waals surface area contributed by atoms with Gasteiger partial charge in [-0.15, -0.1) is 0 Å². The number of hydrazone groups is 1. The van der Waals surface area contributed by atoms with Crippen LogP contribution >= 0.6 is 0 Å². The van der Waals surface area contributed by atoms with E-state index >= 15 is 0 Å². The summed E-state index contributed by atoms with van der Waals surface area (Å²) in [5.74, 6) is 0. The van der Waals surface area contributed by atoms with E-state index in [9.17, 15) is 8.42 Å². The van der Waals surface area contributed by atoms with Gasteiger partial charge in [0.15, 0.2) is 0 Å². The van der Waals surface area contributed by atoms with E-state index in [1.54, 1.807) is 24.4 Å². The first-order valence-electron chi connectivity index (χ1n) is 7.69. The van der Waals surface area contributed by atoms with Gasteiger partial charge in [0, 0.05) is 6.20 Å². The largest absolute Gasteiger partial charge is 0.276 e. The molecule has 0 fully saturated rings. The first-order chi connectivity index (χ1) is 12.1. The lowest BCUT2D eigenvalue weighted by Gasteiger charge is -2.08. The van der Waals surface area contributed by atoms with E-state index in [1.807, 2.05) is 43.3 Å². The Morgan fingerprint density at radius 2 is 1.60 bits per heavy atom. The SMILES string of the molecule is Cc1c(-c2ccccc2)ccnc1/C=N\NS(=O)(=O)c1ccccc1. The summed E-state index contributed by atoms with van der Waals surface area (Å²) in [6.07, 6.45) is 3.10. The summed E-state index contributed by atoms with van der Waals surface area (Å²) in [4.78, 5) is 6.65. The summed E-state index contributed by atoms with van der Waals surface area (Å²) >= 11 is 0. The van der Waals surface area contributed by atoms with Gasteiger partial charge < -0.3 is 0 Å². The van der Waals surface area contributed by atoms with Crippen molar-refractivity contribution in [1.29, 1.82) is 0 Å². The summed E-state index contributed by atoms with van der Waals surface area (Å²) in [5, 5.41) is 3.86. The number of benzene rings is 2. The Morgan fingerprint density at radius 3 is 2.28 bits per heavy atom. The highest BCUT2D eigenvalue weighted by molar-refractivity contribution is 7.89. The summed E-state index contributed by atoms with van der Waals surface area (Å²) in [5.41, 5.74) is 3.64. The minimum Gasteiger partial charge on any atom is -0.255 e. The van der Waals surface area contributed by atoms with Crippen LogP contribution in [0.25, 0.3) is 11.1 Å². The number of pyridine rings is 1. The monoisotopic (exact) mass is 351 g/mol. The minimum absolute atomic E-state index is 0.162. The number of nitrogens with zero attached hydrogens (tertiary/aromatic N) is 2. The maximum atomic E-state index is 12.2. The van der Waals surface area contributed by atoms with E-state index in [2.05, 4.69) is 14.9 Å². The topological polar surface area (TPSA) is 71.4 Å². The van der Waals surface area contributed by atoms with Gasteiger partial charge in [-0.2, -0.15) is 13.5 Å². The lowest BCUT2D eigenvalue weighted by atomic mass is 10.0. The van der Waals surface area contributed by atoms with Crippen LogP contribution in [0.1, 0.15) is 11.3 Å². The predicted molar refractivity (Wildman–Crippen MR) is 98.8 cm³/mol. The van der Waals surface area contributed by atoms with Crippen LogP contribution in [-0.2, 0) is 10.0 Å². The van der Waals surface area contributed by atoms with Gasteiger partial charge >= 0.3 is 0 Å². The van der Waals surface area contributed by atoms with E-state index in [-0.39, 0.29) is 4.90 Å². The van der Waals surface area contributed by atoms with Crippen molar-refractivity contribution in [1.82, 2.24) is 9.82 Å². The van der Waals surface area contributed by atoms with E-state index in [4.69, 9.17) is 0 Å². The van der Waals surface area contributed by atoms with Gasteiger partial charge in [0.2, 0.25) is 0 Å². The molecular weight excluding hydrogens is 334 g/mol. The molecule has 0 amide bonds. The number of nitrogens with one attached hydrogen (secondary N) is 1. The number of hydrogen-bond acceptors (Lipinski definition) is 4. The summed E-state index contributed by atoms with van der Waals surface area (Å²) in [6, 6.07) is 20.0. The molecule has 5 nitrogen and oxygen atoms in total. The maximum absolute atomic E-state index is 12.2. The number of rotatable bonds is 5. The highest BCUT2D eigenvalue weighted by Crippen LogP contribution is 2.23. The fourth-order valence-corrected chi connectivity index (χ4v) is 3.23. The third-order valence-corrected chi connectivity index (χ3v) is 4.98.